The van der Waals surface area contributed by atoms with E-state index >= 15 is 0 Å². The predicted molar refractivity (Wildman–Crippen MR) is 91.9 cm³/mol. The summed E-state index contributed by atoms with van der Waals surface area (Å²) in [5, 5.41) is 3.11. The van der Waals surface area contributed by atoms with Gasteiger partial charge in [-0.15, -0.1) is 0 Å². The zero-order valence-corrected chi connectivity index (χ0v) is 13.5. The Labute approximate surface area is 133 Å². The summed E-state index contributed by atoms with van der Waals surface area (Å²) in [6, 6.07) is 20.8. The van der Waals surface area contributed by atoms with Crippen LogP contribution in [-0.2, 0) is 4.79 Å². The van der Waals surface area contributed by atoms with Gasteiger partial charge in [-0.1, -0.05) is 74.0 Å². The van der Waals surface area contributed by atoms with Crippen molar-refractivity contribution in [2.24, 2.45) is 0 Å². The molecular weight excluding hydrogens is 270 g/mol. The molecule has 0 heterocycles. The van der Waals surface area contributed by atoms with Gasteiger partial charge in [0.1, 0.15) is 0 Å². The van der Waals surface area contributed by atoms with Crippen molar-refractivity contribution >= 4 is 5.91 Å². The number of benzene rings is 2. The predicted octanol–water partition coefficient (Wildman–Crippen LogP) is 4.51. The number of rotatable bonds is 7. The van der Waals surface area contributed by atoms with Crippen LogP contribution < -0.4 is 5.32 Å². The molecule has 116 valence electrons. The SMILES string of the molecule is CCC[C@@H](C)NC(=O)CC(c1ccccc1)c1ccccc1. The summed E-state index contributed by atoms with van der Waals surface area (Å²) in [4.78, 5) is 12.4. The van der Waals surface area contributed by atoms with E-state index < -0.39 is 0 Å². The molecule has 2 rings (SSSR count). The molecule has 0 aliphatic carbocycles. The van der Waals surface area contributed by atoms with Crippen molar-refractivity contribution < 1.29 is 4.79 Å². The monoisotopic (exact) mass is 295 g/mol. The summed E-state index contributed by atoms with van der Waals surface area (Å²) >= 11 is 0. The molecule has 0 unspecified atom stereocenters. The van der Waals surface area contributed by atoms with E-state index in [0.29, 0.717) is 6.42 Å². The smallest absolute Gasteiger partial charge is 0.221 e. The molecular formula is C20H25NO. The van der Waals surface area contributed by atoms with Crippen LogP contribution in [0.5, 0.6) is 0 Å². The van der Waals surface area contributed by atoms with Crippen molar-refractivity contribution in [3.8, 4) is 0 Å². The Bertz CT molecular complexity index is 525. The number of carbonyl (C=O) groups is 1. The van der Waals surface area contributed by atoms with Crippen LogP contribution in [0.3, 0.4) is 0 Å². The Balaban J connectivity index is 2.14. The maximum absolute atomic E-state index is 12.4. The quantitative estimate of drug-likeness (QED) is 0.800. The largest absolute Gasteiger partial charge is 0.354 e. The third-order valence-corrected chi connectivity index (χ3v) is 3.92. The summed E-state index contributed by atoms with van der Waals surface area (Å²) in [6.45, 7) is 4.21. The summed E-state index contributed by atoms with van der Waals surface area (Å²) < 4.78 is 0. The Morgan fingerprint density at radius 2 is 1.45 bits per heavy atom. The third kappa shape index (κ3) is 4.73. The van der Waals surface area contributed by atoms with Gasteiger partial charge in [-0.3, -0.25) is 4.79 Å². The number of hydrogen-bond acceptors (Lipinski definition) is 1. The van der Waals surface area contributed by atoms with E-state index in [2.05, 4.69) is 43.4 Å². The van der Waals surface area contributed by atoms with Crippen LogP contribution in [0.4, 0.5) is 0 Å². The normalized spacial score (nSPS) is 12.1. The highest BCUT2D eigenvalue weighted by Crippen LogP contribution is 2.27. The number of nitrogens with one attached hydrogen (secondary N) is 1. The average Bonchev–Trinajstić information content (AvgIpc) is 2.54. The summed E-state index contributed by atoms with van der Waals surface area (Å²) in [5.74, 6) is 0.231. The van der Waals surface area contributed by atoms with E-state index in [1.807, 2.05) is 36.4 Å². The minimum atomic E-state index is 0.108. The Morgan fingerprint density at radius 1 is 0.955 bits per heavy atom. The van der Waals surface area contributed by atoms with Gasteiger partial charge < -0.3 is 5.32 Å². The Morgan fingerprint density at radius 3 is 1.91 bits per heavy atom. The molecule has 0 aromatic heterocycles. The standard InChI is InChI=1S/C20H25NO/c1-3-10-16(2)21-20(22)15-19(17-11-6-4-7-12-17)18-13-8-5-9-14-18/h4-9,11-14,16,19H,3,10,15H2,1-2H3,(H,21,22)/t16-/m1/s1. The lowest BCUT2D eigenvalue weighted by atomic mass is 9.88. The molecule has 22 heavy (non-hydrogen) atoms. The van der Waals surface area contributed by atoms with E-state index in [0.717, 1.165) is 12.8 Å². The molecule has 2 aromatic carbocycles. The molecule has 0 saturated heterocycles. The second kappa shape index (κ2) is 8.38. The Hall–Kier alpha value is -2.09. The van der Waals surface area contributed by atoms with Crippen LogP contribution in [0.2, 0.25) is 0 Å². The minimum absolute atomic E-state index is 0.108. The van der Waals surface area contributed by atoms with Gasteiger partial charge in [0.15, 0.2) is 0 Å². The molecule has 0 radical (unpaired) electrons. The molecule has 2 heteroatoms. The van der Waals surface area contributed by atoms with Gasteiger partial charge in [-0.2, -0.15) is 0 Å². The molecule has 2 aromatic rings. The number of amides is 1. The lowest BCUT2D eigenvalue weighted by Gasteiger charge is -2.19. The van der Waals surface area contributed by atoms with Crippen LogP contribution in [0, 0.1) is 0 Å². The molecule has 2 nitrogen and oxygen atoms in total. The fraction of sp³-hybridized carbons (Fsp3) is 0.350. The fourth-order valence-corrected chi connectivity index (χ4v) is 2.82. The highest BCUT2D eigenvalue weighted by Gasteiger charge is 2.18. The molecule has 1 N–H and O–H groups in total. The molecule has 1 atom stereocenters. The van der Waals surface area contributed by atoms with Crippen LogP contribution in [0.15, 0.2) is 60.7 Å². The van der Waals surface area contributed by atoms with E-state index in [1.54, 1.807) is 0 Å². The van der Waals surface area contributed by atoms with Gasteiger partial charge in [0, 0.05) is 18.4 Å². The maximum atomic E-state index is 12.4. The van der Waals surface area contributed by atoms with E-state index in [-0.39, 0.29) is 17.9 Å². The maximum Gasteiger partial charge on any atom is 0.221 e. The first-order valence-electron chi connectivity index (χ1n) is 8.10. The lowest BCUT2D eigenvalue weighted by molar-refractivity contribution is -0.121. The highest BCUT2D eigenvalue weighted by atomic mass is 16.1. The van der Waals surface area contributed by atoms with Gasteiger partial charge in [0.2, 0.25) is 5.91 Å². The van der Waals surface area contributed by atoms with Crippen molar-refractivity contribution in [2.75, 3.05) is 0 Å². The first kappa shape index (κ1) is 16.3. The molecule has 0 saturated carbocycles. The zero-order chi connectivity index (χ0) is 15.8. The zero-order valence-electron chi connectivity index (χ0n) is 13.5. The van der Waals surface area contributed by atoms with Crippen LogP contribution in [-0.4, -0.2) is 11.9 Å². The molecule has 0 aliphatic rings. The second-order valence-electron chi connectivity index (χ2n) is 5.84. The molecule has 0 aliphatic heterocycles. The first-order valence-corrected chi connectivity index (χ1v) is 8.10. The van der Waals surface area contributed by atoms with Gasteiger partial charge in [-0.05, 0) is 24.5 Å². The van der Waals surface area contributed by atoms with Gasteiger partial charge in [0.25, 0.3) is 0 Å². The highest BCUT2D eigenvalue weighted by molar-refractivity contribution is 5.77. The van der Waals surface area contributed by atoms with Crippen molar-refractivity contribution in [3.63, 3.8) is 0 Å². The summed E-state index contributed by atoms with van der Waals surface area (Å²) in [6.07, 6.45) is 2.59. The Kier molecular flexibility index (Phi) is 6.20. The van der Waals surface area contributed by atoms with E-state index in [4.69, 9.17) is 0 Å². The van der Waals surface area contributed by atoms with Crippen LogP contribution in [0.25, 0.3) is 0 Å². The van der Waals surface area contributed by atoms with Gasteiger partial charge in [0.05, 0.1) is 0 Å². The molecule has 0 fully saturated rings. The van der Waals surface area contributed by atoms with Crippen molar-refractivity contribution in [1.82, 2.24) is 5.32 Å². The third-order valence-electron chi connectivity index (χ3n) is 3.92. The summed E-state index contributed by atoms with van der Waals surface area (Å²) in [7, 11) is 0. The number of carbonyl (C=O) groups excluding carboxylic acids is 1. The fourth-order valence-electron chi connectivity index (χ4n) is 2.82. The second-order valence-corrected chi connectivity index (χ2v) is 5.84. The first-order chi connectivity index (χ1) is 10.7. The molecule has 0 bridgehead atoms. The van der Waals surface area contributed by atoms with Crippen LogP contribution in [0.1, 0.15) is 50.2 Å². The minimum Gasteiger partial charge on any atom is -0.354 e. The van der Waals surface area contributed by atoms with Crippen molar-refractivity contribution in [3.05, 3.63) is 71.8 Å². The molecule has 1 amide bonds. The van der Waals surface area contributed by atoms with Gasteiger partial charge >= 0.3 is 0 Å². The summed E-state index contributed by atoms with van der Waals surface area (Å²) in [5.41, 5.74) is 2.37. The van der Waals surface area contributed by atoms with Crippen LogP contribution >= 0.6 is 0 Å². The number of hydrogen-bond donors (Lipinski definition) is 1. The molecule has 0 spiro atoms. The lowest BCUT2D eigenvalue weighted by Crippen LogP contribution is -2.33. The van der Waals surface area contributed by atoms with E-state index in [1.165, 1.54) is 11.1 Å². The van der Waals surface area contributed by atoms with Crippen molar-refractivity contribution in [2.45, 2.75) is 45.1 Å². The van der Waals surface area contributed by atoms with Gasteiger partial charge in [-0.25, -0.2) is 0 Å². The average molecular weight is 295 g/mol. The topological polar surface area (TPSA) is 29.1 Å². The van der Waals surface area contributed by atoms with Crippen molar-refractivity contribution in [1.29, 1.82) is 0 Å². The van der Waals surface area contributed by atoms with E-state index in [9.17, 15) is 4.79 Å².